The van der Waals surface area contributed by atoms with Gasteiger partial charge in [0.25, 0.3) is 5.91 Å². The van der Waals surface area contributed by atoms with E-state index < -0.39 is 11.9 Å². The number of primary amides is 1. The molecule has 4 nitrogen and oxygen atoms in total. The molecule has 0 spiro atoms. The van der Waals surface area contributed by atoms with E-state index in [0.717, 1.165) is 22.3 Å². The molecule has 2 heterocycles. The summed E-state index contributed by atoms with van der Waals surface area (Å²) in [5.41, 5.74) is 9.65. The summed E-state index contributed by atoms with van der Waals surface area (Å²) < 4.78 is 0. The Morgan fingerprint density at radius 1 is 0.962 bits per heavy atom. The molecule has 0 saturated heterocycles. The summed E-state index contributed by atoms with van der Waals surface area (Å²) in [4.78, 5) is 27.6. The fraction of sp³-hybridized carbons (Fsp3) is 0.143. The Morgan fingerprint density at radius 3 is 2.38 bits per heavy atom. The molecule has 5 heteroatoms. The standard InChI is InChI=1S/C21H18N2O2S/c22-20(24)18-12-15-8-4-5-9-16(15)13-23(18)21(25)19-17(10-11-26-19)14-6-2-1-3-7-14/h1-11,18H,12-13H2,(H2,22,24)/t18-/m0/s1. The van der Waals surface area contributed by atoms with Crippen molar-refractivity contribution >= 4 is 23.2 Å². The molecule has 4 rings (SSSR count). The number of fused-ring (bicyclic) bond motifs is 1. The van der Waals surface area contributed by atoms with Gasteiger partial charge in [0.2, 0.25) is 5.91 Å². The van der Waals surface area contributed by atoms with E-state index in [-0.39, 0.29) is 5.91 Å². The lowest BCUT2D eigenvalue weighted by Gasteiger charge is -2.35. The number of rotatable bonds is 3. The highest BCUT2D eigenvalue weighted by Gasteiger charge is 2.35. The Hall–Kier alpha value is -2.92. The van der Waals surface area contributed by atoms with E-state index in [1.807, 2.05) is 66.0 Å². The predicted octanol–water partition coefficient (Wildman–Crippen LogP) is 3.47. The van der Waals surface area contributed by atoms with Crippen molar-refractivity contribution < 1.29 is 9.59 Å². The molecule has 1 aliphatic heterocycles. The van der Waals surface area contributed by atoms with Crippen molar-refractivity contribution in [1.82, 2.24) is 4.90 Å². The first kappa shape index (κ1) is 16.5. The Labute approximate surface area is 155 Å². The number of carbonyl (C=O) groups excluding carboxylic acids is 2. The maximum absolute atomic E-state index is 13.3. The van der Waals surface area contributed by atoms with Gasteiger partial charge < -0.3 is 10.6 Å². The Morgan fingerprint density at radius 2 is 1.65 bits per heavy atom. The van der Waals surface area contributed by atoms with Crippen LogP contribution in [0, 0.1) is 0 Å². The minimum Gasteiger partial charge on any atom is -0.368 e. The van der Waals surface area contributed by atoms with E-state index in [9.17, 15) is 9.59 Å². The normalized spacial score (nSPS) is 16.2. The van der Waals surface area contributed by atoms with Crippen molar-refractivity contribution in [3.63, 3.8) is 0 Å². The number of nitrogens with two attached hydrogens (primary N) is 1. The second kappa shape index (κ2) is 6.77. The van der Waals surface area contributed by atoms with Crippen LogP contribution >= 0.6 is 11.3 Å². The van der Waals surface area contributed by atoms with Crippen LogP contribution in [0.1, 0.15) is 20.8 Å². The number of amides is 2. The molecule has 0 radical (unpaired) electrons. The second-order valence-electron chi connectivity index (χ2n) is 6.35. The summed E-state index contributed by atoms with van der Waals surface area (Å²) in [5.74, 6) is -0.608. The van der Waals surface area contributed by atoms with Crippen LogP contribution in [0.5, 0.6) is 0 Å². The fourth-order valence-electron chi connectivity index (χ4n) is 3.44. The number of hydrogen-bond acceptors (Lipinski definition) is 3. The Bertz CT molecular complexity index is 965. The zero-order valence-corrected chi connectivity index (χ0v) is 14.9. The smallest absolute Gasteiger partial charge is 0.265 e. The molecule has 0 bridgehead atoms. The lowest BCUT2D eigenvalue weighted by Crippen LogP contribution is -2.51. The number of thiophene rings is 1. The van der Waals surface area contributed by atoms with Crippen molar-refractivity contribution in [2.75, 3.05) is 0 Å². The lowest BCUT2D eigenvalue weighted by atomic mass is 9.93. The van der Waals surface area contributed by atoms with Gasteiger partial charge in [0.15, 0.2) is 0 Å². The summed E-state index contributed by atoms with van der Waals surface area (Å²) in [6.07, 6.45) is 0.462. The van der Waals surface area contributed by atoms with Crippen molar-refractivity contribution in [3.8, 4) is 11.1 Å². The molecule has 3 aromatic rings. The molecule has 1 aliphatic rings. The number of nitrogens with zero attached hydrogens (tertiary/aromatic N) is 1. The van der Waals surface area contributed by atoms with Gasteiger partial charge in [0.1, 0.15) is 6.04 Å². The highest BCUT2D eigenvalue weighted by Crippen LogP contribution is 2.32. The first-order valence-electron chi connectivity index (χ1n) is 8.45. The molecule has 130 valence electrons. The van der Waals surface area contributed by atoms with Gasteiger partial charge in [-0.3, -0.25) is 9.59 Å². The van der Waals surface area contributed by atoms with Crippen LogP contribution in [-0.4, -0.2) is 22.8 Å². The van der Waals surface area contributed by atoms with Crippen LogP contribution in [0.4, 0.5) is 0 Å². The van der Waals surface area contributed by atoms with Gasteiger partial charge in [-0.1, -0.05) is 54.6 Å². The molecule has 1 aromatic heterocycles. The maximum Gasteiger partial charge on any atom is 0.265 e. The maximum atomic E-state index is 13.3. The summed E-state index contributed by atoms with van der Waals surface area (Å²) in [5, 5.41) is 1.91. The molecule has 26 heavy (non-hydrogen) atoms. The average Bonchev–Trinajstić information content (AvgIpc) is 3.17. The summed E-state index contributed by atoms with van der Waals surface area (Å²) >= 11 is 1.40. The summed E-state index contributed by atoms with van der Waals surface area (Å²) in [7, 11) is 0. The third-order valence-electron chi connectivity index (χ3n) is 4.78. The van der Waals surface area contributed by atoms with E-state index in [0.29, 0.717) is 17.8 Å². The molecule has 2 amide bonds. The Balaban J connectivity index is 1.72. The van der Waals surface area contributed by atoms with E-state index >= 15 is 0 Å². The molecule has 0 fully saturated rings. The molecular formula is C21H18N2O2S. The molecule has 0 unspecified atom stereocenters. The van der Waals surface area contributed by atoms with Gasteiger partial charge in [-0.2, -0.15) is 0 Å². The van der Waals surface area contributed by atoms with Crippen LogP contribution < -0.4 is 5.73 Å². The van der Waals surface area contributed by atoms with Gasteiger partial charge in [-0.05, 0) is 28.1 Å². The van der Waals surface area contributed by atoms with Crippen LogP contribution in [0.2, 0.25) is 0 Å². The van der Waals surface area contributed by atoms with Gasteiger partial charge in [-0.25, -0.2) is 0 Å². The number of carbonyl (C=O) groups is 2. The zero-order chi connectivity index (χ0) is 18.1. The van der Waals surface area contributed by atoms with E-state index in [2.05, 4.69) is 0 Å². The molecule has 0 saturated carbocycles. The number of hydrogen-bond donors (Lipinski definition) is 1. The Kier molecular flexibility index (Phi) is 4.31. The van der Waals surface area contributed by atoms with Crippen LogP contribution in [0.15, 0.2) is 66.0 Å². The molecule has 2 N–H and O–H groups in total. The third kappa shape index (κ3) is 2.91. The molecular weight excluding hydrogens is 344 g/mol. The average molecular weight is 362 g/mol. The number of benzene rings is 2. The van der Waals surface area contributed by atoms with Gasteiger partial charge in [0.05, 0.1) is 4.88 Å². The minimum absolute atomic E-state index is 0.142. The fourth-order valence-corrected chi connectivity index (χ4v) is 4.31. The van der Waals surface area contributed by atoms with Crippen molar-refractivity contribution in [1.29, 1.82) is 0 Å². The van der Waals surface area contributed by atoms with Crippen LogP contribution in [0.25, 0.3) is 11.1 Å². The van der Waals surface area contributed by atoms with Gasteiger partial charge >= 0.3 is 0 Å². The van der Waals surface area contributed by atoms with Crippen molar-refractivity contribution in [2.24, 2.45) is 5.73 Å². The SMILES string of the molecule is NC(=O)[C@@H]1Cc2ccccc2CN1C(=O)c1sccc1-c1ccccc1. The van der Waals surface area contributed by atoms with E-state index in [4.69, 9.17) is 5.73 Å². The zero-order valence-electron chi connectivity index (χ0n) is 14.1. The van der Waals surface area contributed by atoms with E-state index in [1.165, 1.54) is 11.3 Å². The first-order valence-corrected chi connectivity index (χ1v) is 9.33. The summed E-state index contributed by atoms with van der Waals surface area (Å²) in [6.45, 7) is 0.398. The molecule has 2 aromatic carbocycles. The minimum atomic E-state index is -0.622. The van der Waals surface area contributed by atoms with Crippen LogP contribution in [0.3, 0.4) is 0 Å². The van der Waals surface area contributed by atoms with Crippen molar-refractivity contribution in [2.45, 2.75) is 19.0 Å². The highest BCUT2D eigenvalue weighted by atomic mass is 32.1. The second-order valence-corrected chi connectivity index (χ2v) is 7.27. The van der Waals surface area contributed by atoms with Crippen molar-refractivity contribution in [3.05, 3.63) is 82.0 Å². The topological polar surface area (TPSA) is 63.4 Å². The highest BCUT2D eigenvalue weighted by molar-refractivity contribution is 7.12. The van der Waals surface area contributed by atoms with Gasteiger partial charge in [-0.15, -0.1) is 11.3 Å². The van der Waals surface area contributed by atoms with Crippen LogP contribution in [-0.2, 0) is 17.8 Å². The largest absolute Gasteiger partial charge is 0.368 e. The third-order valence-corrected chi connectivity index (χ3v) is 5.68. The monoisotopic (exact) mass is 362 g/mol. The summed E-state index contributed by atoms with van der Waals surface area (Å²) in [6, 6.07) is 19.0. The molecule has 1 atom stereocenters. The first-order chi connectivity index (χ1) is 12.6. The van der Waals surface area contributed by atoms with Gasteiger partial charge in [0, 0.05) is 18.5 Å². The molecule has 0 aliphatic carbocycles. The predicted molar refractivity (Wildman–Crippen MR) is 103 cm³/mol. The van der Waals surface area contributed by atoms with E-state index in [1.54, 1.807) is 4.90 Å². The lowest BCUT2D eigenvalue weighted by molar-refractivity contribution is -0.122. The quantitative estimate of drug-likeness (QED) is 0.775.